The molecule has 0 fully saturated rings. The van der Waals surface area contributed by atoms with Crippen molar-refractivity contribution in [3.8, 4) is 45.5 Å². The molecule has 0 aliphatic carbocycles. The van der Waals surface area contributed by atoms with Crippen LogP contribution in [0.3, 0.4) is 0 Å². The first kappa shape index (κ1) is 30.3. The summed E-state index contributed by atoms with van der Waals surface area (Å²) in [6, 6.07) is 66.3. The highest BCUT2D eigenvalue weighted by Crippen LogP contribution is 2.41. The molecule has 0 saturated carbocycles. The first-order valence-electron chi connectivity index (χ1n) is 18.2. The van der Waals surface area contributed by atoms with Crippen LogP contribution in [0.5, 0.6) is 0 Å². The van der Waals surface area contributed by atoms with Crippen LogP contribution >= 0.6 is 0 Å². The summed E-state index contributed by atoms with van der Waals surface area (Å²) in [7, 11) is 0. The van der Waals surface area contributed by atoms with Gasteiger partial charge in [0.25, 0.3) is 0 Å². The van der Waals surface area contributed by atoms with Crippen molar-refractivity contribution >= 4 is 54.4 Å². The molecule has 0 amide bonds. The quantitative estimate of drug-likeness (QED) is 0.181. The standard InChI is InChI=1S/C49H31N5/c1-4-14-32(15-5-1)47-50-48(33-16-6-2-7-17-33)52-49(51-47)34-24-27-37(28-25-34)53-43-22-12-11-21-39(43)42-30-35-26-29-40-38-20-10-13-23-44(38)54(36-18-8-3-9-19-36)46(40)41(35)31-45(42)53/h1-31H. The van der Waals surface area contributed by atoms with Crippen LogP contribution in [0, 0.1) is 0 Å². The van der Waals surface area contributed by atoms with Crippen molar-refractivity contribution in [2.45, 2.75) is 0 Å². The largest absolute Gasteiger partial charge is 0.309 e. The van der Waals surface area contributed by atoms with Gasteiger partial charge in [-0.05, 0) is 66.0 Å². The molecule has 11 aromatic rings. The van der Waals surface area contributed by atoms with Gasteiger partial charge in [-0.2, -0.15) is 0 Å². The maximum absolute atomic E-state index is 4.97. The Morgan fingerprint density at radius 2 is 0.778 bits per heavy atom. The van der Waals surface area contributed by atoms with Gasteiger partial charge in [0, 0.05) is 55.0 Å². The normalized spacial score (nSPS) is 11.7. The topological polar surface area (TPSA) is 48.5 Å². The maximum atomic E-state index is 4.97. The molecular weight excluding hydrogens is 659 g/mol. The Balaban J connectivity index is 1.12. The zero-order valence-corrected chi connectivity index (χ0v) is 29.1. The monoisotopic (exact) mass is 689 g/mol. The molecule has 5 nitrogen and oxygen atoms in total. The average Bonchev–Trinajstić information content (AvgIpc) is 3.76. The SMILES string of the molecule is c1ccc(-c2nc(-c3ccccc3)nc(-c3ccc(-n4c5ccccc5c5cc6ccc7c8ccccc8n(-c8ccccc8)c7c6cc54)cc3)n2)cc1. The van der Waals surface area contributed by atoms with Gasteiger partial charge in [0.05, 0.1) is 22.1 Å². The van der Waals surface area contributed by atoms with Gasteiger partial charge in [-0.1, -0.05) is 127 Å². The molecule has 0 spiro atoms. The van der Waals surface area contributed by atoms with E-state index in [1.807, 2.05) is 60.7 Å². The van der Waals surface area contributed by atoms with Crippen molar-refractivity contribution in [1.29, 1.82) is 0 Å². The second-order valence-corrected chi connectivity index (χ2v) is 13.7. The molecule has 0 saturated heterocycles. The van der Waals surface area contributed by atoms with Crippen LogP contribution in [0.15, 0.2) is 188 Å². The van der Waals surface area contributed by atoms with Crippen LogP contribution in [0.2, 0.25) is 0 Å². The molecule has 5 heteroatoms. The lowest BCUT2D eigenvalue weighted by molar-refractivity contribution is 1.07. The summed E-state index contributed by atoms with van der Waals surface area (Å²) in [4.78, 5) is 14.8. The van der Waals surface area contributed by atoms with E-state index in [2.05, 4.69) is 137 Å². The van der Waals surface area contributed by atoms with E-state index < -0.39 is 0 Å². The molecule has 0 aliphatic heterocycles. The molecule has 3 heterocycles. The van der Waals surface area contributed by atoms with E-state index in [0.29, 0.717) is 17.5 Å². The molecule has 8 aromatic carbocycles. The average molecular weight is 690 g/mol. The number of para-hydroxylation sites is 3. The summed E-state index contributed by atoms with van der Waals surface area (Å²) >= 11 is 0. The third-order valence-corrected chi connectivity index (χ3v) is 10.5. The number of fused-ring (bicyclic) bond motifs is 8. The summed E-state index contributed by atoms with van der Waals surface area (Å²) in [5.74, 6) is 1.94. The van der Waals surface area contributed by atoms with Crippen molar-refractivity contribution < 1.29 is 0 Å². The predicted molar refractivity (Wildman–Crippen MR) is 222 cm³/mol. The molecule has 252 valence electrons. The minimum atomic E-state index is 0.638. The fraction of sp³-hybridized carbons (Fsp3) is 0. The van der Waals surface area contributed by atoms with Crippen molar-refractivity contribution in [2.75, 3.05) is 0 Å². The van der Waals surface area contributed by atoms with Crippen molar-refractivity contribution in [3.63, 3.8) is 0 Å². The highest BCUT2D eigenvalue weighted by Gasteiger charge is 2.19. The van der Waals surface area contributed by atoms with Gasteiger partial charge in [-0.15, -0.1) is 0 Å². The summed E-state index contributed by atoms with van der Waals surface area (Å²) in [5.41, 5.74) is 9.78. The first-order valence-corrected chi connectivity index (χ1v) is 18.2. The van der Waals surface area contributed by atoms with Gasteiger partial charge >= 0.3 is 0 Å². The van der Waals surface area contributed by atoms with Crippen LogP contribution in [0.25, 0.3) is 99.9 Å². The van der Waals surface area contributed by atoms with E-state index in [1.165, 1.54) is 43.4 Å². The molecule has 0 atom stereocenters. The van der Waals surface area contributed by atoms with Gasteiger partial charge in [0.15, 0.2) is 17.5 Å². The minimum Gasteiger partial charge on any atom is -0.309 e. The third kappa shape index (κ3) is 4.76. The lowest BCUT2D eigenvalue weighted by Crippen LogP contribution is -2.00. The minimum absolute atomic E-state index is 0.638. The third-order valence-electron chi connectivity index (χ3n) is 10.5. The van der Waals surface area contributed by atoms with Crippen LogP contribution in [0.1, 0.15) is 0 Å². The summed E-state index contributed by atoms with van der Waals surface area (Å²) in [5, 5.41) is 7.37. The Kier molecular flexibility index (Phi) is 6.79. The highest BCUT2D eigenvalue weighted by molar-refractivity contribution is 6.22. The lowest BCUT2D eigenvalue weighted by atomic mass is 10.0. The van der Waals surface area contributed by atoms with E-state index in [9.17, 15) is 0 Å². The first-order chi connectivity index (χ1) is 26.8. The van der Waals surface area contributed by atoms with Gasteiger partial charge in [0.2, 0.25) is 0 Å². The summed E-state index contributed by atoms with van der Waals surface area (Å²) in [6.07, 6.45) is 0. The van der Waals surface area contributed by atoms with Crippen LogP contribution in [-0.2, 0) is 0 Å². The molecule has 54 heavy (non-hydrogen) atoms. The predicted octanol–water partition coefficient (Wildman–Crippen LogP) is 12.2. The van der Waals surface area contributed by atoms with Crippen LogP contribution in [-0.4, -0.2) is 24.1 Å². The second-order valence-electron chi connectivity index (χ2n) is 13.7. The Hall–Kier alpha value is -7.37. The number of hydrogen-bond donors (Lipinski definition) is 0. The van der Waals surface area contributed by atoms with Gasteiger partial charge in [-0.25, -0.2) is 15.0 Å². The maximum Gasteiger partial charge on any atom is 0.164 e. The smallest absolute Gasteiger partial charge is 0.164 e. The van der Waals surface area contributed by atoms with Gasteiger partial charge < -0.3 is 9.13 Å². The Morgan fingerprint density at radius 3 is 1.39 bits per heavy atom. The number of hydrogen-bond acceptors (Lipinski definition) is 3. The van der Waals surface area contributed by atoms with E-state index in [1.54, 1.807) is 0 Å². The summed E-state index contributed by atoms with van der Waals surface area (Å²) in [6.45, 7) is 0. The number of rotatable bonds is 5. The molecular formula is C49H31N5. The van der Waals surface area contributed by atoms with Crippen LogP contribution < -0.4 is 0 Å². The van der Waals surface area contributed by atoms with Gasteiger partial charge in [0.1, 0.15) is 0 Å². The van der Waals surface area contributed by atoms with Crippen molar-refractivity contribution in [3.05, 3.63) is 188 Å². The zero-order chi connectivity index (χ0) is 35.6. The van der Waals surface area contributed by atoms with E-state index in [4.69, 9.17) is 15.0 Å². The van der Waals surface area contributed by atoms with E-state index in [0.717, 1.165) is 39.1 Å². The molecule has 0 bridgehead atoms. The van der Waals surface area contributed by atoms with Crippen molar-refractivity contribution in [2.24, 2.45) is 0 Å². The lowest BCUT2D eigenvalue weighted by Gasteiger charge is -2.12. The molecule has 3 aromatic heterocycles. The molecule has 0 radical (unpaired) electrons. The number of aromatic nitrogens is 5. The van der Waals surface area contributed by atoms with E-state index >= 15 is 0 Å². The summed E-state index contributed by atoms with van der Waals surface area (Å²) < 4.78 is 4.81. The van der Waals surface area contributed by atoms with Crippen molar-refractivity contribution in [1.82, 2.24) is 24.1 Å². The van der Waals surface area contributed by atoms with E-state index in [-0.39, 0.29) is 0 Å². The zero-order valence-electron chi connectivity index (χ0n) is 29.1. The molecule has 11 rings (SSSR count). The fourth-order valence-electron chi connectivity index (χ4n) is 8.07. The molecule has 0 N–H and O–H groups in total. The number of nitrogens with zero attached hydrogens (tertiary/aromatic N) is 5. The Bertz CT molecular complexity index is 3120. The molecule has 0 unspecified atom stereocenters. The Labute approximate surface area is 311 Å². The van der Waals surface area contributed by atoms with Crippen LogP contribution in [0.4, 0.5) is 0 Å². The Morgan fingerprint density at radius 1 is 0.296 bits per heavy atom. The highest BCUT2D eigenvalue weighted by atomic mass is 15.0. The number of benzene rings is 8. The fourth-order valence-corrected chi connectivity index (χ4v) is 8.07. The second kappa shape index (κ2) is 12.1. The van der Waals surface area contributed by atoms with Gasteiger partial charge in [-0.3, -0.25) is 0 Å². The molecule has 0 aliphatic rings.